The number of anilines is 1. The quantitative estimate of drug-likeness (QED) is 0.782. The highest BCUT2D eigenvalue weighted by atomic mass is 16.2. The monoisotopic (exact) mass is 351 g/mol. The highest BCUT2D eigenvalue weighted by molar-refractivity contribution is 5.90. The van der Waals surface area contributed by atoms with Crippen molar-refractivity contribution in [1.82, 2.24) is 19.6 Å². The summed E-state index contributed by atoms with van der Waals surface area (Å²) in [6.45, 7) is 7.55. The summed E-state index contributed by atoms with van der Waals surface area (Å²) >= 11 is 0. The van der Waals surface area contributed by atoms with Gasteiger partial charge in [0.15, 0.2) is 5.82 Å². The number of nitrogens with zero attached hydrogens (tertiary/aromatic N) is 4. The Morgan fingerprint density at radius 2 is 1.69 bits per heavy atom. The van der Waals surface area contributed by atoms with Crippen molar-refractivity contribution in [2.24, 2.45) is 0 Å². The molecule has 0 saturated carbocycles. The smallest absolute Gasteiger partial charge is 0.267 e. The molecule has 7 heteroatoms. The van der Waals surface area contributed by atoms with Gasteiger partial charge in [-0.15, -0.1) is 5.10 Å². The van der Waals surface area contributed by atoms with Crippen molar-refractivity contribution >= 4 is 11.6 Å². The van der Waals surface area contributed by atoms with Crippen LogP contribution in [-0.4, -0.2) is 25.5 Å². The number of hydrogen-bond donors (Lipinski definition) is 1. The van der Waals surface area contributed by atoms with E-state index in [1.165, 1.54) is 6.07 Å². The molecule has 0 aliphatic carbocycles. The zero-order chi connectivity index (χ0) is 18.8. The molecule has 3 aromatic rings. The van der Waals surface area contributed by atoms with Crippen molar-refractivity contribution in [2.75, 3.05) is 5.32 Å². The molecular weight excluding hydrogens is 330 g/mol. The van der Waals surface area contributed by atoms with Gasteiger partial charge in [-0.3, -0.25) is 9.59 Å². The lowest BCUT2D eigenvalue weighted by molar-refractivity contribution is -0.117. The van der Waals surface area contributed by atoms with Crippen molar-refractivity contribution in [3.8, 4) is 5.82 Å². The molecule has 134 valence electrons. The molecule has 0 radical (unpaired) electrons. The number of amides is 1. The van der Waals surface area contributed by atoms with E-state index < -0.39 is 0 Å². The van der Waals surface area contributed by atoms with Crippen molar-refractivity contribution < 1.29 is 4.79 Å². The van der Waals surface area contributed by atoms with Gasteiger partial charge in [0, 0.05) is 17.4 Å². The van der Waals surface area contributed by atoms with Gasteiger partial charge in [-0.2, -0.15) is 5.10 Å². The first-order valence-corrected chi connectivity index (χ1v) is 8.32. The Hall–Kier alpha value is -3.22. The van der Waals surface area contributed by atoms with E-state index >= 15 is 0 Å². The zero-order valence-corrected chi connectivity index (χ0v) is 15.3. The number of nitrogens with one attached hydrogen (secondary N) is 1. The predicted octanol–water partition coefficient (Wildman–Crippen LogP) is 2.30. The van der Waals surface area contributed by atoms with E-state index in [0.717, 1.165) is 27.2 Å². The number of aryl methyl sites for hydroxylation is 4. The second-order valence-electron chi connectivity index (χ2n) is 6.45. The summed E-state index contributed by atoms with van der Waals surface area (Å²) in [6, 6.07) is 10.7. The maximum Gasteiger partial charge on any atom is 0.267 e. The maximum absolute atomic E-state index is 12.3. The van der Waals surface area contributed by atoms with Crippen molar-refractivity contribution in [3.63, 3.8) is 0 Å². The maximum atomic E-state index is 12.3. The average molecular weight is 351 g/mol. The van der Waals surface area contributed by atoms with Gasteiger partial charge in [-0.25, -0.2) is 9.36 Å². The fourth-order valence-electron chi connectivity index (χ4n) is 2.91. The lowest BCUT2D eigenvalue weighted by Crippen LogP contribution is -2.30. The molecule has 0 atom stereocenters. The minimum Gasteiger partial charge on any atom is -0.324 e. The number of benzene rings is 1. The Morgan fingerprint density at radius 3 is 2.31 bits per heavy atom. The van der Waals surface area contributed by atoms with Crippen LogP contribution in [0.3, 0.4) is 0 Å². The first-order chi connectivity index (χ1) is 12.3. The SMILES string of the molecule is Cc1cc(C)cc(NC(=O)Cn2nc(-n3nc(C)cc3C)ccc2=O)c1. The van der Waals surface area contributed by atoms with Crippen LogP contribution in [0.1, 0.15) is 22.5 Å². The molecule has 0 bridgehead atoms. The summed E-state index contributed by atoms with van der Waals surface area (Å²) in [4.78, 5) is 24.4. The van der Waals surface area contributed by atoms with E-state index in [4.69, 9.17) is 0 Å². The molecule has 2 aromatic heterocycles. The topological polar surface area (TPSA) is 81.8 Å². The fourth-order valence-corrected chi connectivity index (χ4v) is 2.91. The lowest BCUT2D eigenvalue weighted by Gasteiger charge is -2.10. The highest BCUT2D eigenvalue weighted by Crippen LogP contribution is 2.13. The molecule has 0 unspecified atom stereocenters. The molecule has 1 aromatic carbocycles. The van der Waals surface area contributed by atoms with Crippen molar-refractivity contribution in [3.05, 3.63) is 69.3 Å². The Balaban J connectivity index is 1.83. The standard InChI is InChI=1S/C19H21N5O2/c1-12-7-13(2)9-16(8-12)20-18(25)11-23-19(26)6-5-17(22-23)24-15(4)10-14(3)21-24/h5-10H,11H2,1-4H3,(H,20,25). The molecule has 0 aliphatic heterocycles. The number of aromatic nitrogens is 4. The van der Waals surface area contributed by atoms with E-state index in [0.29, 0.717) is 11.5 Å². The first-order valence-electron chi connectivity index (χ1n) is 8.32. The van der Waals surface area contributed by atoms with Crippen molar-refractivity contribution in [1.29, 1.82) is 0 Å². The zero-order valence-electron chi connectivity index (χ0n) is 15.3. The molecule has 1 amide bonds. The van der Waals surface area contributed by atoms with Crippen LogP contribution in [0.2, 0.25) is 0 Å². The summed E-state index contributed by atoms with van der Waals surface area (Å²) in [6.07, 6.45) is 0. The number of hydrogen-bond acceptors (Lipinski definition) is 4. The molecule has 3 rings (SSSR count). The summed E-state index contributed by atoms with van der Waals surface area (Å²) in [5.74, 6) is 0.185. The molecule has 7 nitrogen and oxygen atoms in total. The van der Waals surface area contributed by atoms with Gasteiger partial charge in [0.25, 0.3) is 5.56 Å². The van der Waals surface area contributed by atoms with Gasteiger partial charge in [0.05, 0.1) is 5.69 Å². The van der Waals surface area contributed by atoms with Crippen LogP contribution in [-0.2, 0) is 11.3 Å². The molecule has 0 saturated heterocycles. The molecule has 0 spiro atoms. The Labute approximate surface area is 151 Å². The first kappa shape index (κ1) is 17.6. The van der Waals surface area contributed by atoms with E-state index in [1.807, 2.05) is 52.0 Å². The normalized spacial score (nSPS) is 10.8. The number of carbonyl (C=O) groups is 1. The molecule has 2 heterocycles. The third kappa shape index (κ3) is 3.88. The van der Waals surface area contributed by atoms with Gasteiger partial charge >= 0.3 is 0 Å². The van der Waals surface area contributed by atoms with E-state index in [1.54, 1.807) is 10.7 Å². The van der Waals surface area contributed by atoms with Gasteiger partial charge in [-0.05, 0) is 63.1 Å². The van der Waals surface area contributed by atoms with Gasteiger partial charge in [-0.1, -0.05) is 6.07 Å². The summed E-state index contributed by atoms with van der Waals surface area (Å²) in [5, 5.41) is 11.4. The molecule has 1 N–H and O–H groups in total. The second kappa shape index (κ2) is 6.95. The second-order valence-corrected chi connectivity index (χ2v) is 6.45. The Bertz CT molecular complexity index is 1010. The highest BCUT2D eigenvalue weighted by Gasteiger charge is 2.10. The fraction of sp³-hybridized carbons (Fsp3) is 0.263. The summed E-state index contributed by atoms with van der Waals surface area (Å²) < 4.78 is 2.79. The van der Waals surface area contributed by atoms with Gasteiger partial charge in [0.1, 0.15) is 6.54 Å². The largest absolute Gasteiger partial charge is 0.324 e. The summed E-state index contributed by atoms with van der Waals surface area (Å²) in [5.41, 5.74) is 4.24. The van der Waals surface area contributed by atoms with Crippen LogP contribution in [0.5, 0.6) is 0 Å². The molecule has 0 aliphatic rings. The molecule has 26 heavy (non-hydrogen) atoms. The van der Waals surface area contributed by atoms with Crippen LogP contribution >= 0.6 is 0 Å². The van der Waals surface area contributed by atoms with E-state index in [9.17, 15) is 9.59 Å². The minimum atomic E-state index is -0.342. The van der Waals surface area contributed by atoms with Crippen LogP contribution < -0.4 is 10.9 Å². The minimum absolute atomic E-state index is 0.168. The number of carbonyl (C=O) groups excluding carboxylic acids is 1. The van der Waals surface area contributed by atoms with Crippen LogP contribution in [0.25, 0.3) is 5.82 Å². The molecular formula is C19H21N5O2. The third-order valence-corrected chi connectivity index (χ3v) is 3.88. The average Bonchev–Trinajstić information content (AvgIpc) is 2.87. The lowest BCUT2D eigenvalue weighted by atomic mass is 10.1. The van der Waals surface area contributed by atoms with Gasteiger partial charge in [0.2, 0.25) is 5.91 Å². The van der Waals surface area contributed by atoms with Crippen molar-refractivity contribution in [2.45, 2.75) is 34.2 Å². The third-order valence-electron chi connectivity index (χ3n) is 3.88. The van der Waals surface area contributed by atoms with Gasteiger partial charge < -0.3 is 5.32 Å². The predicted molar refractivity (Wildman–Crippen MR) is 99.6 cm³/mol. The van der Waals surface area contributed by atoms with Crippen LogP contribution in [0.15, 0.2) is 41.2 Å². The van der Waals surface area contributed by atoms with E-state index in [2.05, 4.69) is 15.5 Å². The van der Waals surface area contributed by atoms with E-state index in [-0.39, 0.29) is 18.0 Å². The Morgan fingerprint density at radius 1 is 1.00 bits per heavy atom. The number of rotatable bonds is 4. The Kier molecular flexibility index (Phi) is 4.71. The molecule has 0 fully saturated rings. The summed E-state index contributed by atoms with van der Waals surface area (Å²) in [7, 11) is 0. The van der Waals surface area contributed by atoms with Crippen LogP contribution in [0.4, 0.5) is 5.69 Å². The van der Waals surface area contributed by atoms with Crippen LogP contribution in [0, 0.1) is 27.7 Å².